The number of carbonyl (C=O) groups excluding carboxylic acids is 1. The molecular formula is C5H12OP+. The summed E-state index contributed by atoms with van der Waals surface area (Å²) in [6.07, 6.45) is 0. The van der Waals surface area contributed by atoms with Crippen molar-refractivity contribution in [3.05, 3.63) is 0 Å². The molecule has 0 fully saturated rings. The lowest BCUT2D eigenvalue weighted by molar-refractivity contribution is -0.109. The Morgan fingerprint density at radius 1 is 1.29 bits per heavy atom. The second-order valence-electron chi connectivity index (χ2n) is 2.53. The molecule has 0 aliphatic heterocycles. The molecule has 0 radical (unpaired) electrons. The van der Waals surface area contributed by atoms with Crippen LogP contribution in [-0.4, -0.2) is 25.5 Å². The summed E-state index contributed by atoms with van der Waals surface area (Å²) in [4.78, 5) is 10.5. The topological polar surface area (TPSA) is 17.1 Å². The van der Waals surface area contributed by atoms with Crippen molar-refractivity contribution in [3.63, 3.8) is 0 Å². The molecular weight excluding hydrogens is 107 g/mol. The molecule has 0 atom stereocenters. The third-order valence-electron chi connectivity index (χ3n) is 0.945. The SMILES string of the molecule is CC(=O)[P+](C)(C)C. The Hall–Kier alpha value is 0.100. The van der Waals surface area contributed by atoms with Gasteiger partial charge in [-0.25, -0.2) is 0 Å². The molecule has 0 aromatic carbocycles. The number of rotatable bonds is 1. The first-order valence-corrected chi connectivity index (χ1v) is 5.40. The van der Waals surface area contributed by atoms with Gasteiger partial charge >= 0.3 is 0 Å². The Morgan fingerprint density at radius 2 is 1.43 bits per heavy atom. The van der Waals surface area contributed by atoms with Gasteiger partial charge in [-0.1, -0.05) is 0 Å². The lowest BCUT2D eigenvalue weighted by Crippen LogP contribution is -1.95. The highest BCUT2D eigenvalue weighted by molar-refractivity contribution is 7.89. The predicted octanol–water partition coefficient (Wildman–Crippen LogP) is 1.44. The molecule has 7 heavy (non-hydrogen) atoms. The Labute approximate surface area is 45.4 Å². The molecule has 0 aromatic heterocycles. The van der Waals surface area contributed by atoms with E-state index in [4.69, 9.17) is 0 Å². The quantitative estimate of drug-likeness (QED) is 0.477. The van der Waals surface area contributed by atoms with Gasteiger partial charge in [-0.05, 0) is 0 Å². The summed E-state index contributed by atoms with van der Waals surface area (Å²) in [5.74, 6) is 0. The molecule has 0 bridgehead atoms. The second kappa shape index (κ2) is 1.92. The van der Waals surface area contributed by atoms with Gasteiger partial charge in [0, 0.05) is 6.92 Å². The monoisotopic (exact) mass is 119 g/mol. The Morgan fingerprint density at radius 3 is 1.43 bits per heavy atom. The number of hydrogen-bond donors (Lipinski definition) is 0. The van der Waals surface area contributed by atoms with Gasteiger partial charge in [0.2, 0.25) is 0 Å². The van der Waals surface area contributed by atoms with E-state index in [1.54, 1.807) is 6.92 Å². The fourth-order valence-electron chi connectivity index (χ4n) is 0. The molecule has 0 aromatic rings. The van der Waals surface area contributed by atoms with Gasteiger partial charge in [0.15, 0.2) is 0 Å². The van der Waals surface area contributed by atoms with Gasteiger partial charge in [-0.3, -0.25) is 4.79 Å². The molecule has 0 rings (SSSR count). The van der Waals surface area contributed by atoms with Crippen LogP contribution in [0.15, 0.2) is 0 Å². The lowest BCUT2D eigenvalue weighted by Gasteiger charge is -2.02. The minimum absolute atomic E-state index is 0.354. The van der Waals surface area contributed by atoms with Gasteiger partial charge in [-0.15, -0.1) is 0 Å². The molecule has 42 valence electrons. The molecule has 0 aliphatic carbocycles. The van der Waals surface area contributed by atoms with Crippen LogP contribution in [0.4, 0.5) is 0 Å². The van der Waals surface area contributed by atoms with Crippen LogP contribution in [0.5, 0.6) is 0 Å². The zero-order chi connectivity index (χ0) is 6.08. The van der Waals surface area contributed by atoms with E-state index in [9.17, 15) is 4.79 Å². The molecule has 0 amide bonds. The fraction of sp³-hybridized carbons (Fsp3) is 0.800. The maximum absolute atomic E-state index is 10.5. The standard InChI is InChI=1S/C5H12OP/c1-5(6)7(2,3)4/h1-4H3/q+1. The number of hydrogen-bond acceptors (Lipinski definition) is 1. The van der Waals surface area contributed by atoms with E-state index < -0.39 is 7.26 Å². The Bertz CT molecular complexity index is 80.6. The summed E-state index contributed by atoms with van der Waals surface area (Å²) < 4.78 is 0. The Kier molecular flexibility index (Phi) is 1.94. The van der Waals surface area contributed by atoms with Crippen molar-refractivity contribution in [2.24, 2.45) is 0 Å². The van der Waals surface area contributed by atoms with Crippen LogP contribution in [0.3, 0.4) is 0 Å². The van der Waals surface area contributed by atoms with E-state index >= 15 is 0 Å². The first-order chi connectivity index (χ1) is 2.94. The summed E-state index contributed by atoms with van der Waals surface area (Å²) in [5, 5.41) is 0. The van der Waals surface area contributed by atoms with Gasteiger partial charge < -0.3 is 0 Å². The first-order valence-electron chi connectivity index (χ1n) is 2.27. The third-order valence-corrected chi connectivity index (χ3v) is 2.83. The van der Waals surface area contributed by atoms with Crippen LogP contribution in [-0.2, 0) is 4.79 Å². The Balaban J connectivity index is 3.79. The summed E-state index contributed by atoms with van der Waals surface area (Å²) in [5.41, 5.74) is 0.354. The summed E-state index contributed by atoms with van der Waals surface area (Å²) in [6, 6.07) is 0. The van der Waals surface area contributed by atoms with Crippen molar-refractivity contribution in [2.75, 3.05) is 20.0 Å². The average molecular weight is 119 g/mol. The smallest absolute Gasteiger partial charge is 0.254 e. The van der Waals surface area contributed by atoms with E-state index in [-0.39, 0.29) is 0 Å². The fourth-order valence-corrected chi connectivity index (χ4v) is 0. The van der Waals surface area contributed by atoms with Crippen LogP contribution >= 0.6 is 7.26 Å². The van der Waals surface area contributed by atoms with Crippen molar-refractivity contribution in [1.82, 2.24) is 0 Å². The molecule has 0 spiro atoms. The highest BCUT2D eigenvalue weighted by Crippen LogP contribution is 2.46. The summed E-state index contributed by atoms with van der Waals surface area (Å²) in [6.45, 7) is 7.73. The molecule has 0 saturated carbocycles. The molecule has 0 aliphatic rings. The minimum atomic E-state index is -1.13. The van der Waals surface area contributed by atoms with E-state index in [0.29, 0.717) is 5.52 Å². The minimum Gasteiger partial charge on any atom is -0.254 e. The van der Waals surface area contributed by atoms with Crippen LogP contribution < -0.4 is 0 Å². The first kappa shape index (κ1) is 7.10. The molecule has 1 nitrogen and oxygen atoms in total. The van der Waals surface area contributed by atoms with Crippen LogP contribution in [0.1, 0.15) is 6.92 Å². The molecule has 2 heteroatoms. The van der Waals surface area contributed by atoms with E-state index in [0.717, 1.165) is 0 Å². The highest BCUT2D eigenvalue weighted by Gasteiger charge is 2.23. The van der Waals surface area contributed by atoms with Crippen molar-refractivity contribution >= 4 is 12.8 Å². The third kappa shape index (κ3) is 2.76. The van der Waals surface area contributed by atoms with Gasteiger partial charge in [0.25, 0.3) is 5.52 Å². The molecule has 0 heterocycles. The van der Waals surface area contributed by atoms with Crippen molar-refractivity contribution in [2.45, 2.75) is 6.92 Å². The second-order valence-corrected chi connectivity index (χ2v) is 7.19. The number of carbonyl (C=O) groups is 1. The van der Waals surface area contributed by atoms with E-state index in [1.807, 2.05) is 20.0 Å². The summed E-state index contributed by atoms with van der Waals surface area (Å²) >= 11 is 0. The van der Waals surface area contributed by atoms with Crippen molar-refractivity contribution in [3.8, 4) is 0 Å². The van der Waals surface area contributed by atoms with E-state index in [1.165, 1.54) is 0 Å². The molecule has 0 saturated heterocycles. The summed E-state index contributed by atoms with van der Waals surface area (Å²) in [7, 11) is -1.13. The maximum atomic E-state index is 10.5. The molecule has 0 unspecified atom stereocenters. The lowest BCUT2D eigenvalue weighted by atomic mass is 10.9. The van der Waals surface area contributed by atoms with E-state index in [2.05, 4.69) is 0 Å². The van der Waals surface area contributed by atoms with Gasteiger partial charge in [0.1, 0.15) is 0 Å². The normalized spacial score (nSPS) is 11.4. The van der Waals surface area contributed by atoms with Crippen molar-refractivity contribution in [1.29, 1.82) is 0 Å². The van der Waals surface area contributed by atoms with Gasteiger partial charge in [0.05, 0.1) is 27.3 Å². The van der Waals surface area contributed by atoms with Gasteiger partial charge in [-0.2, -0.15) is 0 Å². The average Bonchev–Trinajstić information content (AvgIpc) is 1.31. The highest BCUT2D eigenvalue weighted by atomic mass is 31.2. The van der Waals surface area contributed by atoms with Crippen molar-refractivity contribution < 1.29 is 4.79 Å². The predicted molar refractivity (Wildman–Crippen MR) is 35.4 cm³/mol. The molecule has 0 N–H and O–H groups in total. The zero-order valence-electron chi connectivity index (χ0n) is 5.36. The zero-order valence-corrected chi connectivity index (χ0v) is 6.25. The maximum Gasteiger partial charge on any atom is 0.263 e. The van der Waals surface area contributed by atoms with Crippen LogP contribution in [0.25, 0.3) is 0 Å². The van der Waals surface area contributed by atoms with Crippen LogP contribution in [0.2, 0.25) is 0 Å². The largest absolute Gasteiger partial charge is 0.263 e. The van der Waals surface area contributed by atoms with Crippen LogP contribution in [0, 0.1) is 0 Å².